The molecule has 1 aliphatic heterocycles. The maximum absolute atomic E-state index is 3.68. The Morgan fingerprint density at radius 2 is 1.68 bits per heavy atom. The first-order valence-corrected chi connectivity index (χ1v) is 8.51. The van der Waals surface area contributed by atoms with Crippen molar-refractivity contribution in [3.05, 3.63) is 35.9 Å². The normalized spacial score (nSPS) is 19.5. The molecule has 1 saturated heterocycles. The van der Waals surface area contributed by atoms with Crippen molar-refractivity contribution in [1.29, 1.82) is 0 Å². The van der Waals surface area contributed by atoms with E-state index in [4.69, 9.17) is 0 Å². The third-order valence-corrected chi connectivity index (χ3v) is 4.72. The summed E-state index contributed by atoms with van der Waals surface area (Å²) < 4.78 is 0. The van der Waals surface area contributed by atoms with Crippen LogP contribution in [0, 0.1) is 0 Å². The van der Waals surface area contributed by atoms with E-state index in [2.05, 4.69) is 63.0 Å². The topological polar surface area (TPSA) is 6.48 Å². The first-order valence-electron chi connectivity index (χ1n) is 7.39. The number of rotatable bonds is 6. The van der Waals surface area contributed by atoms with Gasteiger partial charge in [-0.05, 0) is 18.5 Å². The molecule has 1 aromatic rings. The Morgan fingerprint density at radius 3 is 2.26 bits per heavy atom. The van der Waals surface area contributed by atoms with Gasteiger partial charge in [-0.3, -0.25) is 0 Å². The van der Waals surface area contributed by atoms with Crippen LogP contribution in [0.4, 0.5) is 0 Å². The molecular weight excluding hydrogens is 300 g/mol. The first-order chi connectivity index (χ1) is 9.33. The highest BCUT2D eigenvalue weighted by molar-refractivity contribution is 9.09. The second-order valence-corrected chi connectivity index (χ2v) is 6.05. The largest absolute Gasteiger partial charge is 0.301 e. The average molecular weight is 325 g/mol. The molecule has 2 rings (SSSR count). The van der Waals surface area contributed by atoms with Crippen molar-refractivity contribution in [2.45, 2.75) is 19.3 Å². The molecule has 0 amide bonds. The second kappa shape index (κ2) is 8.03. The van der Waals surface area contributed by atoms with Gasteiger partial charge in [-0.2, -0.15) is 0 Å². The number of halogens is 1. The van der Waals surface area contributed by atoms with Crippen LogP contribution in [-0.4, -0.2) is 54.4 Å². The monoisotopic (exact) mass is 324 g/mol. The van der Waals surface area contributed by atoms with Crippen LogP contribution in [0.1, 0.15) is 24.8 Å². The van der Waals surface area contributed by atoms with Gasteiger partial charge in [0.05, 0.1) is 0 Å². The van der Waals surface area contributed by atoms with Crippen molar-refractivity contribution in [2.24, 2.45) is 0 Å². The van der Waals surface area contributed by atoms with Gasteiger partial charge in [-0.1, -0.05) is 53.2 Å². The molecule has 0 saturated carbocycles. The molecule has 106 valence electrons. The van der Waals surface area contributed by atoms with Crippen molar-refractivity contribution in [3.8, 4) is 0 Å². The van der Waals surface area contributed by atoms with E-state index in [1.54, 1.807) is 0 Å². The predicted octanol–water partition coefficient (Wildman–Crippen LogP) is 3.19. The van der Waals surface area contributed by atoms with Gasteiger partial charge in [-0.25, -0.2) is 0 Å². The summed E-state index contributed by atoms with van der Waals surface area (Å²) in [4.78, 5) is 5.20. The van der Waals surface area contributed by atoms with E-state index in [-0.39, 0.29) is 0 Å². The molecule has 1 unspecified atom stereocenters. The van der Waals surface area contributed by atoms with Gasteiger partial charge >= 0.3 is 0 Å². The molecule has 1 atom stereocenters. The fraction of sp³-hybridized carbons (Fsp3) is 0.625. The molecule has 2 nitrogen and oxygen atoms in total. The number of hydrogen-bond acceptors (Lipinski definition) is 2. The van der Waals surface area contributed by atoms with Crippen LogP contribution < -0.4 is 0 Å². The molecule has 0 radical (unpaired) electrons. The summed E-state index contributed by atoms with van der Waals surface area (Å²) in [5.74, 6) is 0.610. The van der Waals surface area contributed by atoms with E-state index in [9.17, 15) is 0 Å². The lowest BCUT2D eigenvalue weighted by Gasteiger charge is -2.36. The van der Waals surface area contributed by atoms with Crippen LogP contribution in [0.15, 0.2) is 30.3 Å². The van der Waals surface area contributed by atoms with Crippen molar-refractivity contribution >= 4 is 15.9 Å². The third kappa shape index (κ3) is 4.59. The maximum atomic E-state index is 3.68. The Balaban J connectivity index is 1.84. The molecular formula is C16H25BrN2. The molecule has 0 spiro atoms. The van der Waals surface area contributed by atoms with Crippen LogP contribution in [-0.2, 0) is 0 Å². The van der Waals surface area contributed by atoms with Crippen molar-refractivity contribution in [3.63, 3.8) is 0 Å². The van der Waals surface area contributed by atoms with E-state index in [1.807, 2.05) is 0 Å². The number of hydrogen-bond donors (Lipinski definition) is 0. The molecule has 0 N–H and O–H groups in total. The van der Waals surface area contributed by atoms with Crippen LogP contribution in [0.3, 0.4) is 0 Å². The quantitative estimate of drug-likeness (QED) is 0.741. The third-order valence-electron chi connectivity index (χ3n) is 3.94. The van der Waals surface area contributed by atoms with Gasteiger partial charge in [0.15, 0.2) is 0 Å². The molecule has 0 aromatic heterocycles. The Morgan fingerprint density at radius 1 is 1.05 bits per heavy atom. The van der Waals surface area contributed by atoms with E-state index in [0.29, 0.717) is 5.92 Å². The van der Waals surface area contributed by atoms with E-state index in [0.717, 1.165) is 5.33 Å². The number of nitrogens with zero attached hydrogens (tertiary/aromatic N) is 2. The van der Waals surface area contributed by atoms with Gasteiger partial charge in [0.2, 0.25) is 0 Å². The Kier molecular flexibility index (Phi) is 6.35. The standard InChI is InChI=1S/C16H25BrN2/c1-2-8-18-9-11-19(12-10-18)14-16(13-17)15-6-4-3-5-7-15/h3-7,16H,2,8-14H2,1H3. The summed E-state index contributed by atoms with van der Waals surface area (Å²) >= 11 is 3.68. The summed E-state index contributed by atoms with van der Waals surface area (Å²) in [6.07, 6.45) is 1.27. The molecule has 1 fully saturated rings. The van der Waals surface area contributed by atoms with Crippen LogP contribution in [0.25, 0.3) is 0 Å². The van der Waals surface area contributed by atoms with Gasteiger partial charge in [-0.15, -0.1) is 0 Å². The summed E-state index contributed by atoms with van der Waals surface area (Å²) in [6, 6.07) is 10.9. The fourth-order valence-corrected chi connectivity index (χ4v) is 3.37. The summed E-state index contributed by atoms with van der Waals surface area (Å²) in [5.41, 5.74) is 1.45. The number of alkyl halides is 1. The Hall–Kier alpha value is -0.380. The zero-order valence-corrected chi connectivity index (χ0v) is 13.5. The summed E-state index contributed by atoms with van der Waals surface area (Å²) in [7, 11) is 0. The van der Waals surface area contributed by atoms with Crippen LogP contribution in [0.5, 0.6) is 0 Å². The minimum absolute atomic E-state index is 0.610. The molecule has 19 heavy (non-hydrogen) atoms. The zero-order valence-electron chi connectivity index (χ0n) is 11.9. The van der Waals surface area contributed by atoms with Crippen molar-refractivity contribution in [1.82, 2.24) is 9.80 Å². The number of benzene rings is 1. The van der Waals surface area contributed by atoms with Crippen molar-refractivity contribution in [2.75, 3.05) is 44.6 Å². The van der Waals surface area contributed by atoms with Gasteiger partial charge < -0.3 is 9.80 Å². The highest BCUT2D eigenvalue weighted by Gasteiger charge is 2.19. The van der Waals surface area contributed by atoms with Crippen LogP contribution >= 0.6 is 15.9 Å². The highest BCUT2D eigenvalue weighted by atomic mass is 79.9. The van der Waals surface area contributed by atoms with Gasteiger partial charge in [0.25, 0.3) is 0 Å². The Labute approximate surface area is 125 Å². The van der Waals surface area contributed by atoms with Gasteiger partial charge in [0, 0.05) is 44.0 Å². The van der Waals surface area contributed by atoms with E-state index < -0.39 is 0 Å². The lowest BCUT2D eigenvalue weighted by atomic mass is 10.0. The molecule has 0 bridgehead atoms. The van der Waals surface area contributed by atoms with Gasteiger partial charge in [0.1, 0.15) is 0 Å². The number of piperazine rings is 1. The van der Waals surface area contributed by atoms with E-state index in [1.165, 1.54) is 51.3 Å². The molecule has 3 heteroatoms. The Bertz CT molecular complexity index is 347. The van der Waals surface area contributed by atoms with Crippen LogP contribution in [0.2, 0.25) is 0 Å². The summed E-state index contributed by atoms with van der Waals surface area (Å²) in [6.45, 7) is 9.61. The molecule has 1 aromatic carbocycles. The fourth-order valence-electron chi connectivity index (χ4n) is 2.79. The molecule has 1 aliphatic rings. The molecule has 1 heterocycles. The summed E-state index contributed by atoms with van der Waals surface area (Å²) in [5, 5.41) is 1.05. The molecule has 0 aliphatic carbocycles. The highest BCUT2D eigenvalue weighted by Crippen LogP contribution is 2.20. The zero-order chi connectivity index (χ0) is 13.5. The minimum Gasteiger partial charge on any atom is -0.301 e. The predicted molar refractivity (Wildman–Crippen MR) is 86.1 cm³/mol. The van der Waals surface area contributed by atoms with E-state index >= 15 is 0 Å². The maximum Gasteiger partial charge on any atom is 0.0112 e. The smallest absolute Gasteiger partial charge is 0.0112 e. The minimum atomic E-state index is 0.610. The average Bonchev–Trinajstić information content (AvgIpc) is 2.48. The van der Waals surface area contributed by atoms with Crippen molar-refractivity contribution < 1.29 is 0 Å². The SMILES string of the molecule is CCCN1CCN(CC(CBr)c2ccccc2)CC1. The lowest BCUT2D eigenvalue weighted by Crippen LogP contribution is -2.47. The lowest BCUT2D eigenvalue weighted by molar-refractivity contribution is 0.129. The second-order valence-electron chi connectivity index (χ2n) is 5.40. The first kappa shape index (κ1) is 15.0.